The summed E-state index contributed by atoms with van der Waals surface area (Å²) >= 11 is 1.19. The quantitative estimate of drug-likeness (QED) is 0.685. The van der Waals surface area contributed by atoms with Gasteiger partial charge in [-0.3, -0.25) is 4.79 Å². The zero-order valence-corrected chi connectivity index (χ0v) is 11.1. The maximum atomic E-state index is 11.8. The van der Waals surface area contributed by atoms with Crippen molar-refractivity contribution in [3.8, 4) is 6.07 Å². The van der Waals surface area contributed by atoms with Gasteiger partial charge in [-0.2, -0.15) is 5.26 Å². The number of nitrogens with two attached hydrogens (primary N) is 1. The zero-order chi connectivity index (χ0) is 13.5. The van der Waals surface area contributed by atoms with E-state index in [4.69, 9.17) is 11.0 Å². The molecule has 0 radical (unpaired) electrons. The first-order valence-electron chi connectivity index (χ1n) is 5.61. The van der Waals surface area contributed by atoms with Crippen molar-refractivity contribution in [1.82, 2.24) is 5.32 Å². The summed E-state index contributed by atoms with van der Waals surface area (Å²) < 4.78 is 0. The molecule has 0 aliphatic heterocycles. The van der Waals surface area contributed by atoms with E-state index in [9.17, 15) is 4.79 Å². The summed E-state index contributed by atoms with van der Waals surface area (Å²) in [7, 11) is 0. The molecule has 18 heavy (non-hydrogen) atoms. The molecule has 1 rings (SSSR count). The predicted molar refractivity (Wildman–Crippen MR) is 74.8 cm³/mol. The van der Waals surface area contributed by atoms with Gasteiger partial charge in [-0.25, -0.2) is 0 Å². The average Bonchev–Trinajstić information content (AvgIpc) is 2.69. The number of amides is 1. The maximum Gasteiger partial charge on any atom is 0.263 e. The Labute approximate surface area is 110 Å². The molecule has 1 amide bonds. The van der Waals surface area contributed by atoms with Crippen molar-refractivity contribution in [3.63, 3.8) is 0 Å². The van der Waals surface area contributed by atoms with E-state index in [1.807, 2.05) is 13.0 Å². The van der Waals surface area contributed by atoms with Gasteiger partial charge in [-0.1, -0.05) is 13.0 Å². The van der Waals surface area contributed by atoms with Crippen molar-refractivity contribution >= 4 is 27.9 Å². The van der Waals surface area contributed by atoms with Gasteiger partial charge in [-0.15, -0.1) is 17.9 Å². The average molecular weight is 264 g/mol. The lowest BCUT2D eigenvalue weighted by Crippen LogP contribution is -2.23. The molecule has 0 spiro atoms. The van der Waals surface area contributed by atoms with Crippen molar-refractivity contribution in [2.75, 3.05) is 24.1 Å². The Hall–Kier alpha value is -2.00. The van der Waals surface area contributed by atoms with Gasteiger partial charge in [0.05, 0.1) is 5.69 Å². The van der Waals surface area contributed by atoms with Crippen LogP contribution in [0.1, 0.15) is 28.6 Å². The minimum atomic E-state index is -0.234. The molecule has 6 heteroatoms. The number of thiophene rings is 1. The molecular weight excluding hydrogens is 248 g/mol. The molecule has 0 aliphatic carbocycles. The summed E-state index contributed by atoms with van der Waals surface area (Å²) in [5.74, 6) is -0.234. The number of nitriles is 1. The van der Waals surface area contributed by atoms with Crippen LogP contribution in [0.4, 0.5) is 10.7 Å². The van der Waals surface area contributed by atoms with Crippen LogP contribution in [0.15, 0.2) is 12.7 Å². The van der Waals surface area contributed by atoms with Crippen LogP contribution in [0.3, 0.4) is 0 Å². The first-order valence-corrected chi connectivity index (χ1v) is 6.42. The second-order valence-electron chi connectivity index (χ2n) is 3.59. The summed E-state index contributed by atoms with van der Waals surface area (Å²) in [5, 5.41) is 15.4. The number of anilines is 2. The molecule has 0 fully saturated rings. The smallest absolute Gasteiger partial charge is 0.263 e. The highest BCUT2D eigenvalue weighted by atomic mass is 32.1. The lowest BCUT2D eigenvalue weighted by Gasteiger charge is -2.01. The Morgan fingerprint density at radius 2 is 2.39 bits per heavy atom. The first-order chi connectivity index (χ1) is 8.65. The Bertz CT molecular complexity index is 487. The van der Waals surface area contributed by atoms with Gasteiger partial charge in [0.15, 0.2) is 0 Å². The molecule has 5 nitrogen and oxygen atoms in total. The molecule has 0 atom stereocenters. The molecule has 0 unspecified atom stereocenters. The van der Waals surface area contributed by atoms with E-state index in [2.05, 4.69) is 17.2 Å². The molecule has 0 saturated heterocycles. The zero-order valence-electron chi connectivity index (χ0n) is 10.2. The Balaban J connectivity index is 3.00. The molecule has 0 bridgehead atoms. The summed E-state index contributed by atoms with van der Waals surface area (Å²) in [6.45, 7) is 6.66. The third kappa shape index (κ3) is 3.02. The van der Waals surface area contributed by atoms with E-state index in [-0.39, 0.29) is 11.6 Å². The predicted octanol–water partition coefficient (Wildman–Crippen LogP) is 1.94. The standard InChI is InChI=1S/C12H16N4OS/c1-3-5-15-11(17)10-9(14)8(7-13)12(18-10)16-6-4-2/h4,16H,2-3,5-6,14H2,1H3,(H,15,17). The molecule has 96 valence electrons. The van der Waals surface area contributed by atoms with Gasteiger partial charge >= 0.3 is 0 Å². The van der Waals surface area contributed by atoms with E-state index in [0.717, 1.165) is 6.42 Å². The fourth-order valence-electron chi connectivity index (χ4n) is 1.33. The van der Waals surface area contributed by atoms with Gasteiger partial charge in [0, 0.05) is 13.1 Å². The summed E-state index contributed by atoms with van der Waals surface area (Å²) in [5.41, 5.74) is 6.38. The van der Waals surface area contributed by atoms with Gasteiger partial charge in [0.25, 0.3) is 5.91 Å². The second-order valence-corrected chi connectivity index (χ2v) is 4.61. The molecule has 4 N–H and O–H groups in total. The van der Waals surface area contributed by atoms with Crippen molar-refractivity contribution in [2.24, 2.45) is 0 Å². The van der Waals surface area contributed by atoms with Crippen molar-refractivity contribution in [2.45, 2.75) is 13.3 Å². The molecule has 0 aromatic carbocycles. The molecule has 1 heterocycles. The van der Waals surface area contributed by atoms with Crippen molar-refractivity contribution in [1.29, 1.82) is 5.26 Å². The van der Waals surface area contributed by atoms with Gasteiger partial charge in [0.1, 0.15) is 21.5 Å². The number of nitrogen functional groups attached to an aromatic ring is 1. The Morgan fingerprint density at radius 1 is 1.67 bits per heavy atom. The SMILES string of the molecule is C=CCNc1sc(C(=O)NCCC)c(N)c1C#N. The van der Waals surface area contributed by atoms with Crippen molar-refractivity contribution < 1.29 is 4.79 Å². The minimum absolute atomic E-state index is 0.234. The second kappa shape index (κ2) is 6.67. The number of nitrogens with one attached hydrogen (secondary N) is 2. The summed E-state index contributed by atoms with van der Waals surface area (Å²) in [6.07, 6.45) is 2.53. The summed E-state index contributed by atoms with van der Waals surface area (Å²) in [6, 6.07) is 2.01. The van der Waals surface area contributed by atoms with Gasteiger partial charge in [-0.05, 0) is 6.42 Å². The van der Waals surface area contributed by atoms with Gasteiger partial charge in [0.2, 0.25) is 0 Å². The third-order valence-electron chi connectivity index (χ3n) is 2.21. The number of carbonyl (C=O) groups is 1. The molecular formula is C12H16N4OS. The van der Waals surface area contributed by atoms with Crippen LogP contribution in [0, 0.1) is 11.3 Å². The van der Waals surface area contributed by atoms with E-state index >= 15 is 0 Å². The fraction of sp³-hybridized carbons (Fsp3) is 0.333. The van der Waals surface area contributed by atoms with Crippen LogP contribution in [0.5, 0.6) is 0 Å². The number of hydrogen-bond acceptors (Lipinski definition) is 5. The van der Waals surface area contributed by atoms with Crippen molar-refractivity contribution in [3.05, 3.63) is 23.1 Å². The van der Waals surface area contributed by atoms with E-state index in [1.165, 1.54) is 11.3 Å². The number of hydrogen-bond donors (Lipinski definition) is 3. The van der Waals surface area contributed by atoms with E-state index in [1.54, 1.807) is 6.08 Å². The monoisotopic (exact) mass is 264 g/mol. The highest BCUT2D eigenvalue weighted by Gasteiger charge is 2.20. The maximum absolute atomic E-state index is 11.8. The fourth-order valence-corrected chi connectivity index (χ4v) is 2.33. The van der Waals surface area contributed by atoms with Crippen LogP contribution in [0.25, 0.3) is 0 Å². The largest absolute Gasteiger partial charge is 0.396 e. The highest BCUT2D eigenvalue weighted by Crippen LogP contribution is 2.34. The van der Waals surface area contributed by atoms with Crippen LogP contribution in [0.2, 0.25) is 0 Å². The first kappa shape index (κ1) is 14.1. The lowest BCUT2D eigenvalue weighted by atomic mass is 10.2. The number of carbonyl (C=O) groups excluding carboxylic acids is 1. The molecule has 1 aromatic heterocycles. The normalized spacial score (nSPS) is 9.56. The number of nitrogens with zero attached hydrogens (tertiary/aromatic N) is 1. The van der Waals surface area contributed by atoms with Gasteiger partial charge < -0.3 is 16.4 Å². The van der Waals surface area contributed by atoms with Crippen LogP contribution < -0.4 is 16.4 Å². The van der Waals surface area contributed by atoms with E-state index in [0.29, 0.717) is 28.5 Å². The van der Waals surface area contributed by atoms with E-state index < -0.39 is 0 Å². The van der Waals surface area contributed by atoms with Crippen LogP contribution in [-0.4, -0.2) is 19.0 Å². The molecule has 0 aliphatic rings. The van der Waals surface area contributed by atoms with Crippen LogP contribution in [-0.2, 0) is 0 Å². The number of rotatable bonds is 6. The Kier molecular flexibility index (Phi) is 5.21. The highest BCUT2D eigenvalue weighted by molar-refractivity contribution is 7.18. The summed E-state index contributed by atoms with van der Waals surface area (Å²) in [4.78, 5) is 12.2. The Morgan fingerprint density at radius 3 is 2.94 bits per heavy atom. The topological polar surface area (TPSA) is 90.9 Å². The van der Waals surface area contributed by atoms with Crippen LogP contribution >= 0.6 is 11.3 Å². The molecule has 0 saturated carbocycles. The minimum Gasteiger partial charge on any atom is -0.396 e. The molecule has 1 aromatic rings. The lowest BCUT2D eigenvalue weighted by molar-refractivity contribution is 0.0958. The third-order valence-corrected chi connectivity index (χ3v) is 3.37.